The highest BCUT2D eigenvalue weighted by Gasteiger charge is 2.15. The highest BCUT2D eigenvalue weighted by molar-refractivity contribution is 9.10. The Bertz CT molecular complexity index is 757. The molecule has 1 aromatic carbocycles. The first-order chi connectivity index (χ1) is 9.15. The molecule has 0 amide bonds. The first-order valence-electron chi connectivity index (χ1n) is 5.57. The summed E-state index contributed by atoms with van der Waals surface area (Å²) in [6, 6.07) is 4.94. The van der Waals surface area contributed by atoms with Crippen LogP contribution in [0.2, 0.25) is 0 Å². The van der Waals surface area contributed by atoms with Crippen LogP contribution in [0.5, 0.6) is 11.5 Å². The van der Waals surface area contributed by atoms with Gasteiger partial charge in [0.05, 0.1) is 16.4 Å². The number of ether oxygens (including phenoxy) is 1. The van der Waals surface area contributed by atoms with Crippen LogP contribution in [-0.2, 0) is 0 Å². The van der Waals surface area contributed by atoms with Gasteiger partial charge in [-0.3, -0.25) is 0 Å². The van der Waals surface area contributed by atoms with E-state index < -0.39 is 5.82 Å². The maximum Gasteiger partial charge on any atom is 0.178 e. The van der Waals surface area contributed by atoms with Gasteiger partial charge in [0, 0.05) is 29.2 Å². The molecule has 0 spiro atoms. The molecule has 1 N–H and O–H groups in total. The van der Waals surface area contributed by atoms with Crippen molar-refractivity contribution in [1.82, 2.24) is 15.2 Å². The number of nitrogens with one attached hydrogen (secondary N) is 1. The number of aryl methyl sites for hydroxylation is 1. The molecule has 0 atom stereocenters. The van der Waals surface area contributed by atoms with Crippen LogP contribution in [0.25, 0.3) is 10.9 Å². The van der Waals surface area contributed by atoms with Crippen LogP contribution in [0.15, 0.2) is 35.1 Å². The molecule has 0 saturated heterocycles. The molecule has 0 fully saturated rings. The van der Waals surface area contributed by atoms with Crippen molar-refractivity contribution in [2.24, 2.45) is 0 Å². The van der Waals surface area contributed by atoms with E-state index in [-0.39, 0.29) is 5.75 Å². The Morgan fingerprint density at radius 1 is 1.37 bits per heavy atom. The minimum absolute atomic E-state index is 0.138. The quantitative estimate of drug-likeness (QED) is 0.777. The van der Waals surface area contributed by atoms with E-state index in [9.17, 15) is 4.39 Å². The fourth-order valence-electron chi connectivity index (χ4n) is 1.83. The number of H-pyrrole nitrogens is 1. The third-order valence-corrected chi connectivity index (χ3v) is 3.46. The van der Waals surface area contributed by atoms with Crippen molar-refractivity contribution in [3.8, 4) is 11.5 Å². The third kappa shape index (κ3) is 2.19. The Balaban J connectivity index is 2.09. The minimum Gasteiger partial charge on any atom is -0.451 e. The van der Waals surface area contributed by atoms with E-state index in [0.717, 1.165) is 5.39 Å². The lowest BCUT2D eigenvalue weighted by atomic mass is 10.2. The molecule has 2 aromatic heterocycles. The molecular formula is C13H9BrFN3O. The third-order valence-electron chi connectivity index (χ3n) is 2.67. The molecule has 0 aliphatic carbocycles. The Labute approximate surface area is 116 Å². The van der Waals surface area contributed by atoms with E-state index in [1.54, 1.807) is 19.2 Å². The van der Waals surface area contributed by atoms with Gasteiger partial charge < -0.3 is 9.72 Å². The second kappa shape index (κ2) is 4.62. The number of aromatic nitrogens is 3. The predicted molar refractivity (Wildman–Crippen MR) is 72.8 cm³/mol. The summed E-state index contributed by atoms with van der Waals surface area (Å²) in [5, 5.41) is 8.46. The Hall–Kier alpha value is -1.95. The van der Waals surface area contributed by atoms with Crippen LogP contribution in [0.4, 0.5) is 4.39 Å². The van der Waals surface area contributed by atoms with Crippen molar-refractivity contribution >= 4 is 26.8 Å². The molecular weight excluding hydrogens is 313 g/mol. The highest BCUT2D eigenvalue weighted by atomic mass is 79.9. The second-order valence-electron chi connectivity index (χ2n) is 4.08. The molecule has 2 heterocycles. The Kier molecular flexibility index (Phi) is 2.94. The maximum absolute atomic E-state index is 14.0. The maximum atomic E-state index is 14.0. The number of fused-ring (bicyclic) bond motifs is 1. The van der Waals surface area contributed by atoms with Gasteiger partial charge >= 0.3 is 0 Å². The van der Waals surface area contributed by atoms with Gasteiger partial charge in [-0.05, 0) is 28.9 Å². The van der Waals surface area contributed by atoms with E-state index in [1.807, 2.05) is 6.07 Å². The number of hydrogen-bond donors (Lipinski definition) is 1. The molecule has 3 aromatic rings. The number of nitrogens with zero attached hydrogens (tertiary/aromatic N) is 2. The number of aromatic amines is 1. The Morgan fingerprint density at radius 3 is 3.00 bits per heavy atom. The van der Waals surface area contributed by atoms with Crippen LogP contribution < -0.4 is 4.74 Å². The minimum atomic E-state index is -0.448. The zero-order chi connectivity index (χ0) is 13.4. The van der Waals surface area contributed by atoms with Gasteiger partial charge in [-0.15, -0.1) is 0 Å². The first-order valence-corrected chi connectivity index (χ1v) is 6.37. The predicted octanol–water partition coefficient (Wildman–Crippen LogP) is 3.96. The largest absolute Gasteiger partial charge is 0.451 e. The molecule has 3 rings (SSSR count). The van der Waals surface area contributed by atoms with E-state index in [4.69, 9.17) is 4.74 Å². The van der Waals surface area contributed by atoms with Gasteiger partial charge in [0.2, 0.25) is 0 Å². The van der Waals surface area contributed by atoms with Crippen molar-refractivity contribution < 1.29 is 9.13 Å². The van der Waals surface area contributed by atoms with Gasteiger partial charge in [-0.2, -0.15) is 10.2 Å². The van der Waals surface area contributed by atoms with Crippen LogP contribution in [0.1, 0.15) is 5.69 Å². The molecule has 0 radical (unpaired) electrons. The molecule has 96 valence electrons. The summed E-state index contributed by atoms with van der Waals surface area (Å²) in [4.78, 5) is 2.95. The summed E-state index contributed by atoms with van der Waals surface area (Å²) in [6.45, 7) is 1.79. The van der Waals surface area contributed by atoms with Gasteiger partial charge in [0.25, 0.3) is 0 Å². The van der Waals surface area contributed by atoms with Crippen LogP contribution in [0.3, 0.4) is 0 Å². The average molecular weight is 322 g/mol. The van der Waals surface area contributed by atoms with Crippen molar-refractivity contribution in [2.45, 2.75) is 6.92 Å². The standard InChI is InChI=1S/C13H9BrFN3O/c1-7-4-8(6-17-18-7)19-13-10(15)5-11-9(12(13)14)2-3-16-11/h2-6,16H,1H3. The van der Waals surface area contributed by atoms with Crippen molar-refractivity contribution in [3.05, 3.63) is 46.6 Å². The lowest BCUT2D eigenvalue weighted by molar-refractivity contribution is 0.437. The summed E-state index contributed by atoms with van der Waals surface area (Å²) >= 11 is 3.37. The molecule has 0 unspecified atom stereocenters. The van der Waals surface area contributed by atoms with Gasteiger partial charge in [0.15, 0.2) is 11.6 Å². The monoisotopic (exact) mass is 321 g/mol. The lowest BCUT2D eigenvalue weighted by Gasteiger charge is -2.09. The second-order valence-corrected chi connectivity index (χ2v) is 4.87. The summed E-state index contributed by atoms with van der Waals surface area (Å²) in [6.07, 6.45) is 3.19. The van der Waals surface area contributed by atoms with Crippen LogP contribution >= 0.6 is 15.9 Å². The topological polar surface area (TPSA) is 50.8 Å². The SMILES string of the molecule is Cc1cc(Oc2c(F)cc3[nH]ccc3c2Br)cnn1. The lowest BCUT2D eigenvalue weighted by Crippen LogP contribution is -1.93. The van der Waals surface area contributed by atoms with Crippen LogP contribution in [-0.4, -0.2) is 15.2 Å². The molecule has 0 bridgehead atoms. The normalized spacial score (nSPS) is 10.9. The Morgan fingerprint density at radius 2 is 2.21 bits per heavy atom. The highest BCUT2D eigenvalue weighted by Crippen LogP contribution is 2.37. The summed E-state index contributed by atoms with van der Waals surface area (Å²) in [5.74, 6) is 0.137. The summed E-state index contributed by atoms with van der Waals surface area (Å²) < 4.78 is 20.2. The zero-order valence-electron chi connectivity index (χ0n) is 9.95. The summed E-state index contributed by atoms with van der Waals surface area (Å²) in [7, 11) is 0. The number of hydrogen-bond acceptors (Lipinski definition) is 3. The molecule has 6 heteroatoms. The van der Waals surface area contributed by atoms with Gasteiger partial charge in [0.1, 0.15) is 5.75 Å². The van der Waals surface area contributed by atoms with Gasteiger partial charge in [-0.1, -0.05) is 0 Å². The fourth-order valence-corrected chi connectivity index (χ4v) is 2.44. The van der Waals surface area contributed by atoms with E-state index in [2.05, 4.69) is 31.1 Å². The van der Waals surface area contributed by atoms with E-state index in [0.29, 0.717) is 21.4 Å². The van der Waals surface area contributed by atoms with Crippen molar-refractivity contribution in [3.63, 3.8) is 0 Å². The van der Waals surface area contributed by atoms with Crippen molar-refractivity contribution in [2.75, 3.05) is 0 Å². The number of halogens is 2. The first kappa shape index (κ1) is 12.1. The molecule has 0 aliphatic rings. The number of rotatable bonds is 2. The van der Waals surface area contributed by atoms with Crippen LogP contribution in [0, 0.1) is 12.7 Å². The number of benzene rings is 1. The van der Waals surface area contributed by atoms with E-state index in [1.165, 1.54) is 12.3 Å². The fraction of sp³-hybridized carbons (Fsp3) is 0.0769. The average Bonchev–Trinajstić information content (AvgIpc) is 2.83. The molecule has 0 aliphatic heterocycles. The molecule has 0 saturated carbocycles. The smallest absolute Gasteiger partial charge is 0.178 e. The zero-order valence-corrected chi connectivity index (χ0v) is 11.5. The van der Waals surface area contributed by atoms with Crippen molar-refractivity contribution in [1.29, 1.82) is 0 Å². The van der Waals surface area contributed by atoms with Gasteiger partial charge in [-0.25, -0.2) is 4.39 Å². The summed E-state index contributed by atoms with van der Waals surface area (Å²) in [5.41, 5.74) is 1.41. The van der Waals surface area contributed by atoms with E-state index >= 15 is 0 Å². The molecule has 19 heavy (non-hydrogen) atoms. The molecule has 4 nitrogen and oxygen atoms in total.